The highest BCUT2D eigenvalue weighted by Gasteiger charge is 2.03. The zero-order valence-electron chi connectivity index (χ0n) is 9.64. The van der Waals surface area contributed by atoms with E-state index in [4.69, 9.17) is 4.74 Å². The van der Waals surface area contributed by atoms with E-state index >= 15 is 0 Å². The van der Waals surface area contributed by atoms with Crippen LogP contribution in [0.1, 0.15) is 19.4 Å². The van der Waals surface area contributed by atoms with Gasteiger partial charge in [0.15, 0.2) is 0 Å². The van der Waals surface area contributed by atoms with Gasteiger partial charge < -0.3 is 10.1 Å². The molecule has 1 rings (SSSR count). The van der Waals surface area contributed by atoms with Crippen LogP contribution in [-0.2, 0) is 4.74 Å². The van der Waals surface area contributed by atoms with Crippen LogP contribution in [0.25, 0.3) is 6.08 Å². The minimum absolute atomic E-state index is 0.0424. The lowest BCUT2D eigenvalue weighted by Crippen LogP contribution is -2.31. The van der Waals surface area contributed by atoms with Crippen molar-refractivity contribution in [2.24, 2.45) is 0 Å². The molecule has 0 aliphatic rings. The molecule has 1 atom stereocenters. The number of ether oxygens (including phenoxy) is 1. The summed E-state index contributed by atoms with van der Waals surface area (Å²) < 4.78 is 4.78. The van der Waals surface area contributed by atoms with E-state index in [9.17, 15) is 4.79 Å². The molecule has 0 saturated heterocycles. The topological polar surface area (TPSA) is 38.3 Å². The van der Waals surface area contributed by atoms with Crippen LogP contribution < -0.4 is 5.32 Å². The first-order chi connectivity index (χ1) is 7.72. The number of hydrogen-bond donors (Lipinski definition) is 1. The standard InChI is InChI=1S/C13H17NO2/c1-3-16-13(15)14-11(2)9-10-12-7-5-4-6-8-12/h4-11H,3H2,1-2H3,(H,14,15). The van der Waals surface area contributed by atoms with E-state index in [1.165, 1.54) is 0 Å². The van der Waals surface area contributed by atoms with Gasteiger partial charge >= 0.3 is 6.09 Å². The molecule has 1 aromatic carbocycles. The lowest BCUT2D eigenvalue weighted by atomic mass is 10.2. The molecule has 1 aromatic rings. The molecule has 1 amide bonds. The zero-order chi connectivity index (χ0) is 11.8. The van der Waals surface area contributed by atoms with Crippen LogP contribution >= 0.6 is 0 Å². The quantitative estimate of drug-likeness (QED) is 0.845. The first-order valence-corrected chi connectivity index (χ1v) is 5.39. The predicted octanol–water partition coefficient (Wildman–Crippen LogP) is 2.83. The van der Waals surface area contributed by atoms with E-state index in [1.807, 2.05) is 49.4 Å². The van der Waals surface area contributed by atoms with E-state index in [0.29, 0.717) is 6.61 Å². The molecule has 0 spiro atoms. The summed E-state index contributed by atoms with van der Waals surface area (Å²) in [4.78, 5) is 11.1. The van der Waals surface area contributed by atoms with Gasteiger partial charge in [0.1, 0.15) is 0 Å². The Bertz CT molecular complexity index is 346. The maximum Gasteiger partial charge on any atom is 0.407 e. The minimum Gasteiger partial charge on any atom is -0.450 e. The van der Waals surface area contributed by atoms with Gasteiger partial charge in [-0.15, -0.1) is 0 Å². The first kappa shape index (κ1) is 12.3. The number of rotatable bonds is 4. The van der Waals surface area contributed by atoms with E-state index in [1.54, 1.807) is 6.92 Å². The van der Waals surface area contributed by atoms with E-state index in [0.717, 1.165) is 5.56 Å². The fraction of sp³-hybridized carbons (Fsp3) is 0.308. The monoisotopic (exact) mass is 219 g/mol. The fourth-order valence-corrected chi connectivity index (χ4v) is 1.23. The van der Waals surface area contributed by atoms with Gasteiger partial charge in [0.25, 0.3) is 0 Å². The van der Waals surface area contributed by atoms with Crippen LogP contribution in [-0.4, -0.2) is 18.7 Å². The Labute approximate surface area is 96.1 Å². The average molecular weight is 219 g/mol. The average Bonchev–Trinajstić information content (AvgIpc) is 2.28. The highest BCUT2D eigenvalue weighted by molar-refractivity contribution is 5.68. The van der Waals surface area contributed by atoms with Gasteiger partial charge in [-0.3, -0.25) is 0 Å². The second-order valence-corrected chi connectivity index (χ2v) is 3.42. The molecule has 0 aliphatic carbocycles. The summed E-state index contributed by atoms with van der Waals surface area (Å²) in [5.74, 6) is 0. The van der Waals surface area contributed by atoms with Crippen molar-refractivity contribution in [2.45, 2.75) is 19.9 Å². The molecule has 0 fully saturated rings. The van der Waals surface area contributed by atoms with Gasteiger partial charge in [-0.2, -0.15) is 0 Å². The SMILES string of the molecule is CCOC(=O)NC(C)C=Cc1ccccc1. The van der Waals surface area contributed by atoms with Crippen LogP contribution in [0.15, 0.2) is 36.4 Å². The normalized spacial score (nSPS) is 12.4. The molecule has 0 aromatic heterocycles. The van der Waals surface area contributed by atoms with Crippen molar-refractivity contribution in [1.29, 1.82) is 0 Å². The summed E-state index contributed by atoms with van der Waals surface area (Å²) in [7, 11) is 0. The number of benzene rings is 1. The molecular formula is C13H17NO2. The molecule has 0 saturated carbocycles. The number of nitrogens with one attached hydrogen (secondary N) is 1. The Morgan fingerprint density at radius 2 is 2.12 bits per heavy atom. The molecule has 1 N–H and O–H groups in total. The molecule has 3 nitrogen and oxygen atoms in total. The first-order valence-electron chi connectivity index (χ1n) is 5.39. The molecular weight excluding hydrogens is 202 g/mol. The zero-order valence-corrected chi connectivity index (χ0v) is 9.64. The van der Waals surface area contributed by atoms with Crippen molar-refractivity contribution in [3.63, 3.8) is 0 Å². The minimum atomic E-state index is -0.382. The maximum absolute atomic E-state index is 11.1. The van der Waals surface area contributed by atoms with Crippen LogP contribution in [0.3, 0.4) is 0 Å². The highest BCUT2D eigenvalue weighted by Crippen LogP contribution is 2.01. The molecule has 0 heterocycles. The summed E-state index contributed by atoms with van der Waals surface area (Å²) in [5, 5.41) is 2.70. The van der Waals surface area contributed by atoms with Gasteiger partial charge in [0.2, 0.25) is 0 Å². The lowest BCUT2D eigenvalue weighted by Gasteiger charge is -2.08. The Balaban J connectivity index is 2.42. The molecule has 86 valence electrons. The van der Waals surface area contributed by atoms with Gasteiger partial charge in [-0.05, 0) is 19.4 Å². The number of carbonyl (C=O) groups excluding carboxylic acids is 1. The number of alkyl carbamates (subject to hydrolysis) is 1. The molecule has 0 aliphatic heterocycles. The summed E-state index contributed by atoms with van der Waals surface area (Å²) >= 11 is 0. The third kappa shape index (κ3) is 4.64. The summed E-state index contributed by atoms with van der Waals surface area (Å²) in [6.45, 7) is 4.07. The highest BCUT2D eigenvalue weighted by atomic mass is 16.5. The smallest absolute Gasteiger partial charge is 0.407 e. The van der Waals surface area contributed by atoms with Gasteiger partial charge in [0.05, 0.1) is 6.61 Å². The number of carbonyl (C=O) groups is 1. The van der Waals surface area contributed by atoms with Gasteiger partial charge in [0, 0.05) is 6.04 Å². The lowest BCUT2D eigenvalue weighted by molar-refractivity contribution is 0.150. The van der Waals surface area contributed by atoms with Crippen molar-refractivity contribution >= 4 is 12.2 Å². The Hall–Kier alpha value is -1.77. The molecule has 1 unspecified atom stereocenters. The van der Waals surface area contributed by atoms with Gasteiger partial charge in [-0.25, -0.2) is 4.79 Å². The Morgan fingerprint density at radius 3 is 2.75 bits per heavy atom. The number of amides is 1. The van der Waals surface area contributed by atoms with Crippen molar-refractivity contribution in [3.05, 3.63) is 42.0 Å². The van der Waals surface area contributed by atoms with E-state index in [2.05, 4.69) is 5.32 Å². The van der Waals surface area contributed by atoms with Crippen LogP contribution in [0.2, 0.25) is 0 Å². The molecule has 0 radical (unpaired) electrons. The third-order valence-corrected chi connectivity index (χ3v) is 2.00. The van der Waals surface area contributed by atoms with Crippen LogP contribution in [0, 0.1) is 0 Å². The molecule has 0 bridgehead atoms. The molecule has 16 heavy (non-hydrogen) atoms. The second kappa shape index (κ2) is 6.67. The summed E-state index contributed by atoms with van der Waals surface area (Å²) in [5.41, 5.74) is 1.11. The van der Waals surface area contributed by atoms with Crippen LogP contribution in [0.5, 0.6) is 0 Å². The van der Waals surface area contributed by atoms with Crippen molar-refractivity contribution in [2.75, 3.05) is 6.61 Å². The maximum atomic E-state index is 11.1. The largest absolute Gasteiger partial charge is 0.450 e. The third-order valence-electron chi connectivity index (χ3n) is 2.00. The van der Waals surface area contributed by atoms with Gasteiger partial charge in [-0.1, -0.05) is 42.5 Å². The van der Waals surface area contributed by atoms with E-state index < -0.39 is 0 Å². The number of hydrogen-bond acceptors (Lipinski definition) is 2. The van der Waals surface area contributed by atoms with Crippen molar-refractivity contribution in [3.8, 4) is 0 Å². The summed E-state index contributed by atoms with van der Waals surface area (Å²) in [6.07, 6.45) is 3.51. The second-order valence-electron chi connectivity index (χ2n) is 3.42. The van der Waals surface area contributed by atoms with Crippen molar-refractivity contribution < 1.29 is 9.53 Å². The van der Waals surface area contributed by atoms with Crippen LogP contribution in [0.4, 0.5) is 4.79 Å². The van der Waals surface area contributed by atoms with Crippen molar-refractivity contribution in [1.82, 2.24) is 5.32 Å². The van der Waals surface area contributed by atoms with E-state index in [-0.39, 0.29) is 12.1 Å². The Kier molecular flexibility index (Phi) is 5.12. The molecule has 3 heteroatoms. The Morgan fingerprint density at radius 1 is 1.44 bits per heavy atom. The predicted molar refractivity (Wildman–Crippen MR) is 65.1 cm³/mol. The fourth-order valence-electron chi connectivity index (χ4n) is 1.23. The summed E-state index contributed by atoms with van der Waals surface area (Å²) in [6, 6.07) is 9.89.